The van der Waals surface area contributed by atoms with E-state index in [1.807, 2.05) is 0 Å². The van der Waals surface area contributed by atoms with Crippen LogP contribution in [0.15, 0.2) is 0 Å². The number of nitrogens with one attached hydrogen (secondary N) is 1. The number of aryl methyl sites for hydroxylation is 2. The summed E-state index contributed by atoms with van der Waals surface area (Å²) in [5.41, 5.74) is 12.5. The molecule has 1 aromatic heterocycles. The van der Waals surface area contributed by atoms with Gasteiger partial charge in [0.05, 0.1) is 5.69 Å². The Labute approximate surface area is 100 Å². The molecule has 0 bridgehead atoms. The summed E-state index contributed by atoms with van der Waals surface area (Å²) in [6, 6.07) is 0.328. The summed E-state index contributed by atoms with van der Waals surface area (Å²) in [5.74, 6) is 0.224. The lowest BCUT2D eigenvalue weighted by Gasteiger charge is -2.19. The highest BCUT2D eigenvalue weighted by atomic mass is 16.1. The molecule has 1 aromatic rings. The van der Waals surface area contributed by atoms with Gasteiger partial charge in [-0.15, -0.1) is 0 Å². The Kier molecular flexibility index (Phi) is 3.06. The van der Waals surface area contributed by atoms with Gasteiger partial charge in [-0.1, -0.05) is 0 Å². The second kappa shape index (κ2) is 4.37. The van der Waals surface area contributed by atoms with Gasteiger partial charge in [0.25, 0.3) is 5.91 Å². The standard InChI is InChI=1S/C11H19N5O/c1-6-9(10(13)17)11(16(2)15-6)14-8-5-3-4-7(8)12/h7-8,14H,3-5,12H2,1-2H3,(H2,13,17). The predicted molar refractivity (Wildman–Crippen MR) is 65.7 cm³/mol. The molecule has 1 aliphatic carbocycles. The van der Waals surface area contributed by atoms with Crippen molar-refractivity contribution in [1.82, 2.24) is 9.78 Å². The fourth-order valence-electron chi connectivity index (χ4n) is 2.46. The van der Waals surface area contributed by atoms with Gasteiger partial charge in [0.1, 0.15) is 11.4 Å². The van der Waals surface area contributed by atoms with E-state index in [9.17, 15) is 4.79 Å². The van der Waals surface area contributed by atoms with Gasteiger partial charge in [-0.25, -0.2) is 0 Å². The monoisotopic (exact) mass is 237 g/mol. The summed E-state index contributed by atoms with van der Waals surface area (Å²) in [4.78, 5) is 11.4. The van der Waals surface area contributed by atoms with Crippen molar-refractivity contribution in [2.24, 2.45) is 18.5 Å². The van der Waals surface area contributed by atoms with Crippen LogP contribution in [0.3, 0.4) is 0 Å². The van der Waals surface area contributed by atoms with Crippen molar-refractivity contribution in [2.75, 3.05) is 5.32 Å². The third-order valence-electron chi connectivity index (χ3n) is 3.36. The number of hydrogen-bond acceptors (Lipinski definition) is 4. The minimum absolute atomic E-state index is 0.130. The topological polar surface area (TPSA) is 99.0 Å². The summed E-state index contributed by atoms with van der Waals surface area (Å²) in [5, 5.41) is 7.52. The van der Waals surface area contributed by atoms with Crippen LogP contribution in [0.25, 0.3) is 0 Å². The third kappa shape index (κ3) is 2.12. The summed E-state index contributed by atoms with van der Waals surface area (Å²) in [7, 11) is 1.79. The SMILES string of the molecule is Cc1nn(C)c(NC2CCCC2N)c1C(N)=O. The van der Waals surface area contributed by atoms with Gasteiger partial charge >= 0.3 is 0 Å². The van der Waals surface area contributed by atoms with Gasteiger partial charge < -0.3 is 16.8 Å². The number of nitrogens with zero attached hydrogens (tertiary/aromatic N) is 2. The first-order chi connectivity index (χ1) is 8.00. The minimum Gasteiger partial charge on any atom is -0.365 e. The molecule has 6 heteroatoms. The average Bonchev–Trinajstić information content (AvgIpc) is 2.73. The van der Waals surface area contributed by atoms with Crippen LogP contribution in [-0.4, -0.2) is 27.8 Å². The van der Waals surface area contributed by atoms with E-state index in [1.165, 1.54) is 0 Å². The molecular formula is C11H19N5O. The first kappa shape index (κ1) is 11.9. The molecule has 6 nitrogen and oxygen atoms in total. The van der Waals surface area contributed by atoms with E-state index in [0.29, 0.717) is 17.1 Å². The number of primary amides is 1. The first-order valence-electron chi connectivity index (χ1n) is 5.86. The number of aromatic nitrogens is 2. The summed E-state index contributed by atoms with van der Waals surface area (Å²) in [6.07, 6.45) is 3.14. The molecule has 0 aromatic carbocycles. The average molecular weight is 237 g/mol. The van der Waals surface area contributed by atoms with Gasteiger partial charge in [0.2, 0.25) is 0 Å². The maximum atomic E-state index is 11.4. The van der Waals surface area contributed by atoms with Gasteiger partial charge in [-0.3, -0.25) is 9.48 Å². The van der Waals surface area contributed by atoms with Crippen LogP contribution >= 0.6 is 0 Å². The van der Waals surface area contributed by atoms with Crippen LogP contribution in [-0.2, 0) is 7.05 Å². The van der Waals surface area contributed by atoms with Crippen molar-refractivity contribution >= 4 is 11.7 Å². The van der Waals surface area contributed by atoms with Crippen LogP contribution in [0.1, 0.15) is 35.3 Å². The molecule has 17 heavy (non-hydrogen) atoms. The maximum Gasteiger partial charge on any atom is 0.254 e. The van der Waals surface area contributed by atoms with Crippen LogP contribution in [0.2, 0.25) is 0 Å². The Balaban J connectivity index is 2.28. The fraction of sp³-hybridized carbons (Fsp3) is 0.636. The number of carbonyl (C=O) groups is 1. The molecule has 2 rings (SSSR count). The number of nitrogens with two attached hydrogens (primary N) is 2. The fourth-order valence-corrected chi connectivity index (χ4v) is 2.46. The van der Waals surface area contributed by atoms with Gasteiger partial charge in [-0.05, 0) is 26.2 Å². The molecule has 0 radical (unpaired) electrons. The van der Waals surface area contributed by atoms with Gasteiger partial charge in [-0.2, -0.15) is 5.10 Å². The van der Waals surface area contributed by atoms with E-state index in [-0.39, 0.29) is 12.1 Å². The molecule has 1 saturated carbocycles. The molecule has 2 unspecified atom stereocenters. The Hall–Kier alpha value is -1.56. The first-order valence-corrected chi connectivity index (χ1v) is 5.86. The Morgan fingerprint density at radius 3 is 2.76 bits per heavy atom. The molecule has 1 heterocycles. The molecule has 1 amide bonds. The van der Waals surface area contributed by atoms with Crippen LogP contribution < -0.4 is 16.8 Å². The van der Waals surface area contributed by atoms with Crippen LogP contribution in [0, 0.1) is 6.92 Å². The van der Waals surface area contributed by atoms with Gasteiger partial charge in [0, 0.05) is 19.1 Å². The quantitative estimate of drug-likeness (QED) is 0.695. The third-order valence-corrected chi connectivity index (χ3v) is 3.36. The number of carbonyl (C=O) groups excluding carboxylic acids is 1. The Morgan fingerprint density at radius 2 is 2.24 bits per heavy atom. The highest BCUT2D eigenvalue weighted by molar-refractivity contribution is 5.98. The molecule has 0 aliphatic heterocycles. The number of rotatable bonds is 3. The lowest BCUT2D eigenvalue weighted by atomic mass is 10.1. The van der Waals surface area contributed by atoms with E-state index in [1.54, 1.807) is 18.7 Å². The highest BCUT2D eigenvalue weighted by Gasteiger charge is 2.27. The maximum absolute atomic E-state index is 11.4. The second-order valence-electron chi connectivity index (χ2n) is 4.64. The number of amides is 1. The molecular weight excluding hydrogens is 218 g/mol. The van der Waals surface area contributed by atoms with E-state index in [2.05, 4.69) is 10.4 Å². The molecule has 5 N–H and O–H groups in total. The minimum atomic E-state index is -0.454. The molecule has 0 saturated heterocycles. The normalized spacial score (nSPS) is 23.9. The zero-order chi connectivity index (χ0) is 12.6. The molecule has 94 valence electrons. The van der Waals surface area contributed by atoms with Crippen molar-refractivity contribution in [3.8, 4) is 0 Å². The molecule has 1 fully saturated rings. The van der Waals surface area contributed by atoms with Crippen LogP contribution in [0.5, 0.6) is 0 Å². The second-order valence-corrected chi connectivity index (χ2v) is 4.64. The highest BCUT2D eigenvalue weighted by Crippen LogP contribution is 2.25. The number of anilines is 1. The zero-order valence-electron chi connectivity index (χ0n) is 10.2. The Bertz CT molecular complexity index is 439. The van der Waals surface area contributed by atoms with Gasteiger partial charge in [0.15, 0.2) is 0 Å². The van der Waals surface area contributed by atoms with Crippen molar-refractivity contribution < 1.29 is 4.79 Å². The van der Waals surface area contributed by atoms with E-state index >= 15 is 0 Å². The van der Waals surface area contributed by atoms with Crippen molar-refractivity contribution in [2.45, 2.75) is 38.3 Å². The van der Waals surface area contributed by atoms with Crippen LogP contribution in [0.4, 0.5) is 5.82 Å². The largest absolute Gasteiger partial charge is 0.365 e. The Morgan fingerprint density at radius 1 is 1.53 bits per heavy atom. The van der Waals surface area contributed by atoms with E-state index in [0.717, 1.165) is 19.3 Å². The van der Waals surface area contributed by atoms with E-state index in [4.69, 9.17) is 11.5 Å². The molecule has 2 atom stereocenters. The smallest absolute Gasteiger partial charge is 0.254 e. The summed E-state index contributed by atoms with van der Waals surface area (Å²) < 4.78 is 1.65. The lowest BCUT2D eigenvalue weighted by Crippen LogP contribution is -2.36. The van der Waals surface area contributed by atoms with Crippen molar-refractivity contribution in [1.29, 1.82) is 0 Å². The summed E-state index contributed by atoms with van der Waals surface area (Å²) >= 11 is 0. The number of hydrogen-bond donors (Lipinski definition) is 3. The lowest BCUT2D eigenvalue weighted by molar-refractivity contribution is 0.100. The van der Waals surface area contributed by atoms with Crippen molar-refractivity contribution in [3.05, 3.63) is 11.3 Å². The summed E-state index contributed by atoms with van der Waals surface area (Å²) in [6.45, 7) is 1.78. The zero-order valence-corrected chi connectivity index (χ0v) is 10.2. The predicted octanol–water partition coefficient (Wildman–Crippen LogP) is 0.119. The molecule has 0 spiro atoms. The van der Waals surface area contributed by atoms with E-state index < -0.39 is 5.91 Å². The van der Waals surface area contributed by atoms with Crippen molar-refractivity contribution in [3.63, 3.8) is 0 Å². The molecule has 1 aliphatic rings.